The van der Waals surface area contributed by atoms with Gasteiger partial charge in [-0.25, -0.2) is 0 Å². The monoisotopic (exact) mass is 175 g/mol. The predicted octanol–water partition coefficient (Wildman–Crippen LogP) is -1.07. The van der Waals surface area contributed by atoms with Gasteiger partial charge in [0.25, 0.3) is 0 Å². The number of rotatable bonds is 0. The van der Waals surface area contributed by atoms with Gasteiger partial charge in [0, 0.05) is 16.8 Å². The van der Waals surface area contributed by atoms with Gasteiger partial charge < -0.3 is 11.0 Å². The fraction of sp³-hybridized carbons (Fsp3) is 0. The molecule has 0 aromatic rings. The van der Waals surface area contributed by atoms with Crippen molar-refractivity contribution in [1.82, 2.24) is 0 Å². The number of hydrogen-bond donors (Lipinski definition) is 0. The molecule has 0 aromatic carbocycles. The second-order valence-corrected chi connectivity index (χ2v) is 0. The summed E-state index contributed by atoms with van der Waals surface area (Å²) in [5, 5.41) is 0. The molecular formula is H5BrCoO2. The summed E-state index contributed by atoms with van der Waals surface area (Å²) in [5.41, 5.74) is 0. The van der Waals surface area contributed by atoms with Gasteiger partial charge in [0.15, 0.2) is 0 Å². The largest absolute Gasteiger partial charge is 0.412 e. The van der Waals surface area contributed by atoms with Crippen molar-refractivity contribution in [2.75, 3.05) is 0 Å². The SMILES string of the molecule is Br.O.O.[Co]. The molecule has 0 atom stereocenters. The zero-order chi connectivity index (χ0) is 0. The Morgan fingerprint density at radius 2 is 0.750 bits per heavy atom. The Bertz CT molecular complexity index is 6.00. The third-order valence-corrected chi connectivity index (χ3v) is 0. The first-order chi connectivity index (χ1) is 0. The van der Waals surface area contributed by atoms with Crippen LogP contribution in [0, 0.1) is 0 Å². The zero-order valence-corrected chi connectivity index (χ0v) is 4.50. The van der Waals surface area contributed by atoms with Crippen LogP contribution in [0.5, 0.6) is 0 Å². The summed E-state index contributed by atoms with van der Waals surface area (Å²) in [6, 6.07) is 0. The molecule has 0 aliphatic heterocycles. The molecule has 0 bridgehead atoms. The molecule has 4 heavy (non-hydrogen) atoms. The van der Waals surface area contributed by atoms with Crippen LogP contribution in [-0.2, 0) is 16.8 Å². The smallest absolute Gasteiger partial charge is 0 e. The van der Waals surface area contributed by atoms with Gasteiger partial charge in [0.1, 0.15) is 0 Å². The van der Waals surface area contributed by atoms with Crippen LogP contribution in [0.25, 0.3) is 0 Å². The number of hydrogen-bond acceptors (Lipinski definition) is 0. The van der Waals surface area contributed by atoms with Crippen LogP contribution in [0.1, 0.15) is 0 Å². The summed E-state index contributed by atoms with van der Waals surface area (Å²) in [4.78, 5) is 0. The van der Waals surface area contributed by atoms with Gasteiger partial charge in [-0.2, -0.15) is 0 Å². The predicted molar refractivity (Wildman–Crippen MR) is 17.5 cm³/mol. The van der Waals surface area contributed by atoms with E-state index in [1.165, 1.54) is 0 Å². The molecule has 0 saturated heterocycles. The molecule has 0 heterocycles. The first-order valence-corrected chi connectivity index (χ1v) is 0. The van der Waals surface area contributed by atoms with Gasteiger partial charge >= 0.3 is 0 Å². The van der Waals surface area contributed by atoms with Crippen LogP contribution in [-0.4, -0.2) is 11.0 Å². The molecule has 2 nitrogen and oxygen atoms in total. The Hall–Kier alpha value is 0.906. The Morgan fingerprint density at radius 1 is 0.750 bits per heavy atom. The molecule has 4 N–H and O–H groups in total. The minimum Gasteiger partial charge on any atom is -0.412 e. The Labute approximate surface area is 45.2 Å². The van der Waals surface area contributed by atoms with Crippen molar-refractivity contribution < 1.29 is 27.7 Å². The molecule has 0 aliphatic carbocycles. The molecule has 0 unspecified atom stereocenters. The second kappa shape index (κ2) is 40.2. The van der Waals surface area contributed by atoms with Gasteiger partial charge in [0.05, 0.1) is 0 Å². The maximum atomic E-state index is 0. The van der Waals surface area contributed by atoms with E-state index in [1.54, 1.807) is 0 Å². The minimum atomic E-state index is 0. The van der Waals surface area contributed by atoms with Gasteiger partial charge in [0.2, 0.25) is 0 Å². The van der Waals surface area contributed by atoms with Gasteiger partial charge in [-0.05, 0) is 0 Å². The van der Waals surface area contributed by atoms with Crippen molar-refractivity contribution in [3.8, 4) is 0 Å². The molecule has 0 aromatic heterocycles. The van der Waals surface area contributed by atoms with Crippen LogP contribution in [0.3, 0.4) is 0 Å². The van der Waals surface area contributed by atoms with E-state index in [4.69, 9.17) is 0 Å². The van der Waals surface area contributed by atoms with Crippen molar-refractivity contribution in [3.63, 3.8) is 0 Å². The summed E-state index contributed by atoms with van der Waals surface area (Å²) in [7, 11) is 0. The van der Waals surface area contributed by atoms with Gasteiger partial charge in [-0.3, -0.25) is 0 Å². The van der Waals surface area contributed by atoms with E-state index in [2.05, 4.69) is 0 Å². The molecule has 0 rings (SSSR count). The van der Waals surface area contributed by atoms with Crippen molar-refractivity contribution >= 4 is 17.0 Å². The molecule has 0 saturated carbocycles. The molecular weight excluding hydrogens is 171 g/mol. The maximum absolute atomic E-state index is 0. The van der Waals surface area contributed by atoms with E-state index in [0.717, 1.165) is 0 Å². The maximum Gasteiger partial charge on any atom is 0 e. The third-order valence-electron chi connectivity index (χ3n) is 0. The zero-order valence-electron chi connectivity index (χ0n) is 1.74. The van der Waals surface area contributed by atoms with E-state index >= 15 is 0 Å². The van der Waals surface area contributed by atoms with Crippen LogP contribution in [0.2, 0.25) is 0 Å². The second-order valence-electron chi connectivity index (χ2n) is 0. The van der Waals surface area contributed by atoms with E-state index < -0.39 is 0 Å². The van der Waals surface area contributed by atoms with Crippen molar-refractivity contribution in [1.29, 1.82) is 0 Å². The fourth-order valence-electron chi connectivity index (χ4n) is 0. The van der Waals surface area contributed by atoms with Crippen molar-refractivity contribution in [3.05, 3.63) is 0 Å². The molecule has 1 radical (unpaired) electrons. The van der Waals surface area contributed by atoms with Crippen LogP contribution >= 0.6 is 17.0 Å². The van der Waals surface area contributed by atoms with Crippen molar-refractivity contribution in [2.45, 2.75) is 0 Å². The standard InChI is InChI=1S/BrH.Co.2H2O/h1H;;2*1H2. The van der Waals surface area contributed by atoms with Gasteiger partial charge in [-0.15, -0.1) is 17.0 Å². The summed E-state index contributed by atoms with van der Waals surface area (Å²) in [6.07, 6.45) is 0. The topological polar surface area (TPSA) is 63.0 Å². The van der Waals surface area contributed by atoms with Crippen molar-refractivity contribution in [2.24, 2.45) is 0 Å². The molecule has 0 aliphatic rings. The fourth-order valence-corrected chi connectivity index (χ4v) is 0. The molecule has 0 spiro atoms. The van der Waals surface area contributed by atoms with E-state index in [-0.39, 0.29) is 44.7 Å². The third kappa shape index (κ3) is 12.9. The summed E-state index contributed by atoms with van der Waals surface area (Å²) >= 11 is 0. The Balaban J connectivity index is 0. The number of halogens is 1. The van der Waals surface area contributed by atoms with E-state index in [0.29, 0.717) is 0 Å². The first kappa shape index (κ1) is 91.1. The normalized spacial score (nSPS) is 0. The van der Waals surface area contributed by atoms with Crippen LogP contribution < -0.4 is 0 Å². The average Bonchev–Trinajstić information content (AvgIpc) is 0. The summed E-state index contributed by atoms with van der Waals surface area (Å²) in [5.74, 6) is 0. The first-order valence-electron chi connectivity index (χ1n) is 0. The van der Waals surface area contributed by atoms with Crippen LogP contribution in [0.15, 0.2) is 0 Å². The summed E-state index contributed by atoms with van der Waals surface area (Å²) < 4.78 is 0. The molecule has 4 heteroatoms. The van der Waals surface area contributed by atoms with Gasteiger partial charge in [-0.1, -0.05) is 0 Å². The molecule has 0 fully saturated rings. The minimum absolute atomic E-state index is 0. The molecule has 0 amide bonds. The Morgan fingerprint density at radius 3 is 0.750 bits per heavy atom. The summed E-state index contributed by atoms with van der Waals surface area (Å²) in [6.45, 7) is 0. The van der Waals surface area contributed by atoms with E-state index in [9.17, 15) is 0 Å². The van der Waals surface area contributed by atoms with Crippen LogP contribution in [0.4, 0.5) is 0 Å². The average molecular weight is 176 g/mol. The van der Waals surface area contributed by atoms with E-state index in [1.807, 2.05) is 0 Å². The Kier molecular flexibility index (Phi) is 915. The molecule has 33 valence electrons. The quantitative estimate of drug-likeness (QED) is 0.450.